The van der Waals surface area contributed by atoms with Gasteiger partial charge in [0.05, 0.1) is 5.02 Å². The van der Waals surface area contributed by atoms with Crippen molar-refractivity contribution in [3.05, 3.63) is 57.0 Å². The fourth-order valence-electron chi connectivity index (χ4n) is 1.82. The molecule has 0 amide bonds. The second kappa shape index (κ2) is 6.68. The van der Waals surface area contributed by atoms with Crippen molar-refractivity contribution < 1.29 is 4.74 Å². The fourth-order valence-corrected chi connectivity index (χ4v) is 2.42. The Bertz CT molecular complexity index is 614. The van der Waals surface area contributed by atoms with Crippen LogP contribution in [0.3, 0.4) is 0 Å². The van der Waals surface area contributed by atoms with Gasteiger partial charge in [0.1, 0.15) is 11.5 Å². The molecule has 0 bridgehead atoms. The van der Waals surface area contributed by atoms with E-state index >= 15 is 0 Å². The molecule has 5 heteroatoms. The molecule has 2 aromatic carbocycles. The number of benzene rings is 2. The van der Waals surface area contributed by atoms with Crippen molar-refractivity contribution in [3.63, 3.8) is 0 Å². The zero-order chi connectivity index (χ0) is 14.7. The van der Waals surface area contributed by atoms with E-state index in [9.17, 15) is 0 Å². The smallest absolute Gasteiger partial charge is 0.146 e. The van der Waals surface area contributed by atoms with Crippen LogP contribution in [-0.2, 0) is 6.42 Å². The molecular formula is C15H14Cl3NO. The van der Waals surface area contributed by atoms with Crippen molar-refractivity contribution in [1.29, 1.82) is 0 Å². The van der Waals surface area contributed by atoms with Crippen LogP contribution in [0, 0.1) is 0 Å². The summed E-state index contributed by atoms with van der Waals surface area (Å²) < 4.78 is 5.85. The van der Waals surface area contributed by atoms with E-state index < -0.39 is 0 Å². The van der Waals surface area contributed by atoms with Crippen molar-refractivity contribution >= 4 is 34.8 Å². The molecule has 106 valence electrons. The summed E-state index contributed by atoms with van der Waals surface area (Å²) in [5.74, 6) is 1.18. The van der Waals surface area contributed by atoms with Gasteiger partial charge in [0.25, 0.3) is 0 Å². The predicted molar refractivity (Wildman–Crippen MR) is 85.3 cm³/mol. The highest BCUT2D eigenvalue weighted by Gasteiger charge is 2.10. The van der Waals surface area contributed by atoms with E-state index in [-0.39, 0.29) is 6.04 Å². The summed E-state index contributed by atoms with van der Waals surface area (Å²) >= 11 is 18.0. The molecule has 2 nitrogen and oxygen atoms in total. The van der Waals surface area contributed by atoms with Gasteiger partial charge in [0.2, 0.25) is 0 Å². The molecule has 0 aliphatic rings. The lowest BCUT2D eigenvalue weighted by Gasteiger charge is -2.14. The fraction of sp³-hybridized carbons (Fsp3) is 0.200. The van der Waals surface area contributed by atoms with E-state index in [4.69, 9.17) is 45.3 Å². The number of rotatable bonds is 4. The van der Waals surface area contributed by atoms with Crippen LogP contribution < -0.4 is 10.5 Å². The molecule has 0 spiro atoms. The van der Waals surface area contributed by atoms with E-state index in [1.54, 1.807) is 24.3 Å². The molecular weight excluding hydrogens is 317 g/mol. The van der Waals surface area contributed by atoms with Crippen molar-refractivity contribution in [1.82, 2.24) is 0 Å². The lowest BCUT2D eigenvalue weighted by Crippen LogP contribution is -2.18. The third-order valence-corrected chi connectivity index (χ3v) is 3.45. The summed E-state index contributed by atoms with van der Waals surface area (Å²) in [5, 5.41) is 1.60. The standard InChI is InChI=1S/C15H14Cl3NO/c1-9(19)6-10-2-3-12(17)8-15(10)20-14-5-4-11(16)7-13(14)18/h2-5,7-9H,6,19H2,1H3. The van der Waals surface area contributed by atoms with Gasteiger partial charge in [0.15, 0.2) is 0 Å². The van der Waals surface area contributed by atoms with Gasteiger partial charge in [-0.25, -0.2) is 0 Å². The first-order chi connectivity index (χ1) is 9.45. The molecule has 20 heavy (non-hydrogen) atoms. The quantitative estimate of drug-likeness (QED) is 0.822. The van der Waals surface area contributed by atoms with Gasteiger partial charge in [0, 0.05) is 16.1 Å². The summed E-state index contributed by atoms with van der Waals surface area (Å²) in [4.78, 5) is 0. The Kier molecular flexibility index (Phi) is 5.17. The van der Waals surface area contributed by atoms with Gasteiger partial charge in [-0.05, 0) is 49.2 Å². The summed E-state index contributed by atoms with van der Waals surface area (Å²) in [6.07, 6.45) is 0.692. The largest absolute Gasteiger partial charge is 0.455 e. The van der Waals surface area contributed by atoms with Crippen molar-refractivity contribution in [2.24, 2.45) is 5.73 Å². The second-order valence-electron chi connectivity index (χ2n) is 4.61. The number of nitrogens with two attached hydrogens (primary N) is 1. The second-order valence-corrected chi connectivity index (χ2v) is 5.89. The maximum atomic E-state index is 6.11. The first-order valence-corrected chi connectivity index (χ1v) is 7.26. The molecule has 2 N–H and O–H groups in total. The Morgan fingerprint density at radius 2 is 1.65 bits per heavy atom. The van der Waals surface area contributed by atoms with Crippen LogP contribution in [-0.4, -0.2) is 6.04 Å². The Morgan fingerprint density at radius 3 is 2.30 bits per heavy atom. The average molecular weight is 331 g/mol. The number of halogens is 3. The summed E-state index contributed by atoms with van der Waals surface area (Å²) in [5.41, 5.74) is 6.82. The van der Waals surface area contributed by atoms with E-state index in [1.165, 1.54) is 0 Å². The molecule has 0 saturated heterocycles. The zero-order valence-electron chi connectivity index (χ0n) is 10.9. The van der Waals surface area contributed by atoms with Gasteiger partial charge in [-0.15, -0.1) is 0 Å². The molecule has 2 rings (SSSR count). The minimum atomic E-state index is 0.0271. The van der Waals surface area contributed by atoms with E-state index in [0.29, 0.717) is 33.0 Å². The molecule has 0 radical (unpaired) electrons. The lowest BCUT2D eigenvalue weighted by molar-refractivity contribution is 0.474. The topological polar surface area (TPSA) is 35.2 Å². The zero-order valence-corrected chi connectivity index (χ0v) is 13.1. The van der Waals surface area contributed by atoms with Gasteiger partial charge in [-0.1, -0.05) is 40.9 Å². The number of hydrogen-bond acceptors (Lipinski definition) is 2. The van der Waals surface area contributed by atoms with Gasteiger partial charge in [-0.2, -0.15) is 0 Å². The van der Waals surface area contributed by atoms with E-state index in [0.717, 1.165) is 5.56 Å². The van der Waals surface area contributed by atoms with Crippen LogP contribution in [0.5, 0.6) is 11.5 Å². The van der Waals surface area contributed by atoms with Crippen molar-refractivity contribution in [3.8, 4) is 11.5 Å². The molecule has 2 aromatic rings. The molecule has 0 aliphatic heterocycles. The Labute approximate surface area is 133 Å². The monoisotopic (exact) mass is 329 g/mol. The molecule has 1 atom stereocenters. The highest BCUT2D eigenvalue weighted by Crippen LogP contribution is 2.34. The van der Waals surface area contributed by atoms with Crippen LogP contribution in [0.4, 0.5) is 0 Å². The summed E-state index contributed by atoms with van der Waals surface area (Å²) in [6, 6.07) is 10.6. The van der Waals surface area contributed by atoms with Crippen LogP contribution >= 0.6 is 34.8 Å². The lowest BCUT2D eigenvalue weighted by atomic mass is 10.1. The summed E-state index contributed by atoms with van der Waals surface area (Å²) in [6.45, 7) is 1.94. The van der Waals surface area contributed by atoms with Crippen molar-refractivity contribution in [2.75, 3.05) is 0 Å². The van der Waals surface area contributed by atoms with Crippen LogP contribution in [0.15, 0.2) is 36.4 Å². The van der Waals surface area contributed by atoms with Crippen LogP contribution in [0.25, 0.3) is 0 Å². The van der Waals surface area contributed by atoms with Gasteiger partial charge in [-0.3, -0.25) is 0 Å². The molecule has 0 aliphatic carbocycles. The SMILES string of the molecule is CC(N)Cc1ccc(Cl)cc1Oc1ccc(Cl)cc1Cl. The molecule has 0 fully saturated rings. The van der Waals surface area contributed by atoms with Crippen molar-refractivity contribution in [2.45, 2.75) is 19.4 Å². The highest BCUT2D eigenvalue weighted by atomic mass is 35.5. The van der Waals surface area contributed by atoms with E-state index in [1.807, 2.05) is 19.1 Å². The maximum absolute atomic E-state index is 6.11. The third kappa shape index (κ3) is 4.03. The summed E-state index contributed by atoms with van der Waals surface area (Å²) in [7, 11) is 0. The Morgan fingerprint density at radius 1 is 1.00 bits per heavy atom. The molecule has 0 aromatic heterocycles. The van der Waals surface area contributed by atoms with E-state index in [2.05, 4.69) is 0 Å². The number of ether oxygens (including phenoxy) is 1. The van der Waals surface area contributed by atoms with Gasteiger partial charge >= 0.3 is 0 Å². The molecule has 0 heterocycles. The van der Waals surface area contributed by atoms with Crippen LogP contribution in [0.2, 0.25) is 15.1 Å². The predicted octanol–water partition coefficient (Wildman–Crippen LogP) is 5.33. The number of hydrogen-bond donors (Lipinski definition) is 1. The third-order valence-electron chi connectivity index (χ3n) is 2.68. The minimum absolute atomic E-state index is 0.0271. The highest BCUT2D eigenvalue weighted by molar-refractivity contribution is 6.35. The average Bonchev–Trinajstić information content (AvgIpc) is 2.35. The molecule has 1 unspecified atom stereocenters. The molecule has 0 saturated carbocycles. The Balaban J connectivity index is 2.34. The minimum Gasteiger partial charge on any atom is -0.455 e. The Hall–Kier alpha value is -0.930. The van der Waals surface area contributed by atoms with Gasteiger partial charge < -0.3 is 10.5 Å². The maximum Gasteiger partial charge on any atom is 0.146 e. The first-order valence-electron chi connectivity index (χ1n) is 6.12. The first kappa shape index (κ1) is 15.5. The van der Waals surface area contributed by atoms with Crippen LogP contribution in [0.1, 0.15) is 12.5 Å². The normalized spacial score (nSPS) is 12.2.